The monoisotopic (exact) mass is 289 g/mol. The van der Waals surface area contributed by atoms with Crippen LogP contribution < -0.4 is 20.3 Å². The fourth-order valence-corrected chi connectivity index (χ4v) is 2.46. The molecule has 1 heterocycles. The van der Waals surface area contributed by atoms with E-state index in [0.29, 0.717) is 36.1 Å². The number of benzene rings is 1. The Morgan fingerprint density at radius 2 is 2.19 bits per heavy atom. The lowest BCUT2D eigenvalue weighted by Gasteiger charge is -2.20. The molecule has 1 aromatic rings. The minimum Gasteiger partial charge on any atom is -0.495 e. The molecule has 2 fully saturated rings. The average Bonchev–Trinajstić information content (AvgIpc) is 3.17. The molecule has 0 atom stereocenters. The Kier molecular flexibility index (Phi) is 3.68. The zero-order chi connectivity index (χ0) is 14.8. The maximum absolute atomic E-state index is 11.9. The fraction of sp³-hybridized carbons (Fsp3) is 0.467. The van der Waals surface area contributed by atoms with Gasteiger partial charge in [-0.2, -0.15) is 0 Å². The van der Waals surface area contributed by atoms with Crippen molar-refractivity contribution in [2.45, 2.75) is 31.7 Å². The molecule has 0 radical (unpaired) electrons. The summed E-state index contributed by atoms with van der Waals surface area (Å²) in [5.74, 6) is 0.728. The van der Waals surface area contributed by atoms with E-state index in [2.05, 4.69) is 10.6 Å². The largest absolute Gasteiger partial charge is 0.495 e. The van der Waals surface area contributed by atoms with Crippen LogP contribution in [0.5, 0.6) is 5.75 Å². The molecule has 1 aromatic carbocycles. The first-order chi connectivity index (χ1) is 10.2. The Hall–Kier alpha value is -2.24. The van der Waals surface area contributed by atoms with Crippen molar-refractivity contribution >= 4 is 23.3 Å². The minimum absolute atomic E-state index is 0.0906. The lowest BCUT2D eigenvalue weighted by molar-refractivity contribution is -0.117. The van der Waals surface area contributed by atoms with Gasteiger partial charge in [0.15, 0.2) is 0 Å². The Morgan fingerprint density at radius 1 is 1.38 bits per heavy atom. The molecule has 0 unspecified atom stereocenters. The lowest BCUT2D eigenvalue weighted by Crippen LogP contribution is -2.30. The van der Waals surface area contributed by atoms with Crippen LogP contribution in [0.25, 0.3) is 0 Å². The van der Waals surface area contributed by atoms with Gasteiger partial charge in [-0.3, -0.25) is 4.79 Å². The predicted octanol–water partition coefficient (Wildman–Crippen LogP) is 2.11. The van der Waals surface area contributed by atoms with Gasteiger partial charge in [0, 0.05) is 24.7 Å². The van der Waals surface area contributed by atoms with Gasteiger partial charge in [-0.25, -0.2) is 4.79 Å². The highest BCUT2D eigenvalue weighted by Gasteiger charge is 2.26. The molecule has 1 saturated carbocycles. The molecule has 0 aromatic heterocycles. The van der Waals surface area contributed by atoms with Crippen molar-refractivity contribution < 1.29 is 14.3 Å². The summed E-state index contributed by atoms with van der Waals surface area (Å²) in [4.78, 5) is 25.4. The van der Waals surface area contributed by atoms with Gasteiger partial charge in [-0.05, 0) is 37.5 Å². The summed E-state index contributed by atoms with van der Waals surface area (Å²) in [5, 5.41) is 5.67. The minimum atomic E-state index is -0.207. The summed E-state index contributed by atoms with van der Waals surface area (Å²) in [6.45, 7) is 0.687. The molecule has 0 spiro atoms. The van der Waals surface area contributed by atoms with E-state index in [-0.39, 0.29) is 11.9 Å². The summed E-state index contributed by atoms with van der Waals surface area (Å²) in [7, 11) is 1.58. The van der Waals surface area contributed by atoms with Gasteiger partial charge in [0.2, 0.25) is 5.91 Å². The van der Waals surface area contributed by atoms with E-state index in [0.717, 1.165) is 19.3 Å². The Morgan fingerprint density at radius 3 is 2.81 bits per heavy atom. The van der Waals surface area contributed by atoms with Crippen LogP contribution in [0.4, 0.5) is 16.2 Å². The number of nitrogens with one attached hydrogen (secondary N) is 2. The fourth-order valence-electron chi connectivity index (χ4n) is 2.46. The van der Waals surface area contributed by atoms with Crippen LogP contribution in [0.2, 0.25) is 0 Å². The smallest absolute Gasteiger partial charge is 0.319 e. The van der Waals surface area contributed by atoms with Crippen LogP contribution in [0, 0.1) is 0 Å². The van der Waals surface area contributed by atoms with Crippen molar-refractivity contribution in [2.24, 2.45) is 0 Å². The summed E-state index contributed by atoms with van der Waals surface area (Å²) >= 11 is 0. The van der Waals surface area contributed by atoms with Crippen molar-refractivity contribution in [3.8, 4) is 5.75 Å². The summed E-state index contributed by atoms with van der Waals surface area (Å²) in [6.07, 6.45) is 3.50. The van der Waals surface area contributed by atoms with Crippen molar-refractivity contribution in [3.05, 3.63) is 18.2 Å². The summed E-state index contributed by atoms with van der Waals surface area (Å²) in [6, 6.07) is 5.43. The summed E-state index contributed by atoms with van der Waals surface area (Å²) in [5.41, 5.74) is 1.37. The number of methoxy groups -OCH3 is 1. The highest BCUT2D eigenvalue weighted by molar-refractivity contribution is 5.98. The predicted molar refractivity (Wildman–Crippen MR) is 79.8 cm³/mol. The first kappa shape index (κ1) is 13.7. The van der Waals surface area contributed by atoms with E-state index in [1.165, 1.54) is 0 Å². The third-order valence-corrected chi connectivity index (χ3v) is 3.71. The van der Waals surface area contributed by atoms with Crippen LogP contribution in [-0.4, -0.2) is 31.6 Å². The number of anilines is 2. The van der Waals surface area contributed by atoms with Crippen LogP contribution in [0.1, 0.15) is 25.7 Å². The Bertz CT molecular complexity index is 569. The van der Waals surface area contributed by atoms with Gasteiger partial charge < -0.3 is 20.3 Å². The van der Waals surface area contributed by atoms with Crippen molar-refractivity contribution in [3.63, 3.8) is 0 Å². The van der Waals surface area contributed by atoms with E-state index in [1.54, 1.807) is 30.2 Å². The lowest BCUT2D eigenvalue weighted by atomic mass is 10.2. The first-order valence-electron chi connectivity index (χ1n) is 7.23. The van der Waals surface area contributed by atoms with Crippen LogP contribution in [-0.2, 0) is 4.79 Å². The van der Waals surface area contributed by atoms with Crippen LogP contribution in [0.15, 0.2) is 18.2 Å². The van der Waals surface area contributed by atoms with Gasteiger partial charge in [0.25, 0.3) is 0 Å². The van der Waals surface area contributed by atoms with E-state index >= 15 is 0 Å². The van der Waals surface area contributed by atoms with E-state index in [1.807, 2.05) is 0 Å². The normalized spacial score (nSPS) is 17.8. The van der Waals surface area contributed by atoms with Crippen LogP contribution >= 0.6 is 0 Å². The van der Waals surface area contributed by atoms with Gasteiger partial charge in [-0.15, -0.1) is 0 Å². The molecule has 3 amide bonds. The molecule has 1 aliphatic heterocycles. The van der Waals surface area contributed by atoms with Gasteiger partial charge in [0.05, 0.1) is 12.8 Å². The molecule has 1 aliphatic carbocycles. The van der Waals surface area contributed by atoms with Gasteiger partial charge >= 0.3 is 6.03 Å². The number of nitrogens with zero attached hydrogens (tertiary/aromatic N) is 1. The van der Waals surface area contributed by atoms with Crippen molar-refractivity contribution in [1.29, 1.82) is 0 Å². The zero-order valence-corrected chi connectivity index (χ0v) is 12.0. The summed E-state index contributed by atoms with van der Waals surface area (Å²) < 4.78 is 5.32. The molecular weight excluding hydrogens is 270 g/mol. The Labute approximate surface area is 123 Å². The quantitative estimate of drug-likeness (QED) is 0.891. The molecule has 2 aliphatic rings. The zero-order valence-electron chi connectivity index (χ0n) is 12.0. The average molecular weight is 289 g/mol. The molecule has 3 rings (SSSR count). The third-order valence-electron chi connectivity index (χ3n) is 3.71. The number of urea groups is 1. The highest BCUT2D eigenvalue weighted by Crippen LogP contribution is 2.34. The number of rotatable bonds is 4. The maximum atomic E-state index is 11.9. The Balaban J connectivity index is 1.78. The molecule has 6 nitrogen and oxygen atoms in total. The first-order valence-corrected chi connectivity index (χ1v) is 7.23. The molecule has 6 heteroatoms. The standard InChI is InChI=1S/C15H19N3O3/c1-21-13-7-6-11(17-15(20)16-10-4-5-10)9-12(13)18-8-2-3-14(18)19/h6-7,9-10H,2-5,8H2,1H3,(H2,16,17,20). The van der Waals surface area contributed by atoms with Gasteiger partial charge in [-0.1, -0.05) is 0 Å². The molecule has 112 valence electrons. The number of ether oxygens (including phenoxy) is 1. The van der Waals surface area contributed by atoms with Crippen molar-refractivity contribution in [2.75, 3.05) is 23.9 Å². The SMILES string of the molecule is COc1ccc(NC(=O)NC2CC2)cc1N1CCCC1=O. The number of hydrogen-bond acceptors (Lipinski definition) is 3. The highest BCUT2D eigenvalue weighted by atomic mass is 16.5. The molecular formula is C15H19N3O3. The second kappa shape index (κ2) is 5.63. The van der Waals surface area contributed by atoms with Gasteiger partial charge in [0.1, 0.15) is 5.75 Å². The van der Waals surface area contributed by atoms with Crippen LogP contribution in [0.3, 0.4) is 0 Å². The molecule has 1 saturated heterocycles. The second-order valence-electron chi connectivity index (χ2n) is 5.41. The van der Waals surface area contributed by atoms with E-state index < -0.39 is 0 Å². The van der Waals surface area contributed by atoms with Crippen molar-refractivity contribution in [1.82, 2.24) is 5.32 Å². The maximum Gasteiger partial charge on any atom is 0.319 e. The van der Waals surface area contributed by atoms with E-state index in [9.17, 15) is 9.59 Å². The second-order valence-corrected chi connectivity index (χ2v) is 5.41. The molecule has 2 N–H and O–H groups in total. The number of carbonyl (C=O) groups excluding carboxylic acids is 2. The topological polar surface area (TPSA) is 70.7 Å². The number of amides is 3. The third kappa shape index (κ3) is 3.09. The number of carbonyl (C=O) groups is 2. The molecule has 21 heavy (non-hydrogen) atoms. The van der Waals surface area contributed by atoms with E-state index in [4.69, 9.17) is 4.74 Å². The number of hydrogen-bond donors (Lipinski definition) is 2. The molecule has 0 bridgehead atoms.